The smallest absolute Gasteiger partial charge is 0.255 e. The van der Waals surface area contributed by atoms with Crippen LogP contribution in [-0.4, -0.2) is 34.6 Å². The first kappa shape index (κ1) is 14.5. The Kier molecular flexibility index (Phi) is 4.63. The number of amides is 1. The predicted octanol–water partition coefficient (Wildman–Crippen LogP) is 3.13. The minimum atomic E-state index is -0.362. The molecule has 1 heterocycles. The van der Waals surface area contributed by atoms with E-state index in [2.05, 4.69) is 15.9 Å². The molecule has 2 atom stereocenters. The van der Waals surface area contributed by atoms with Crippen molar-refractivity contribution < 1.29 is 9.90 Å². The maximum atomic E-state index is 12.6. The number of benzene rings is 1. The van der Waals surface area contributed by atoms with Gasteiger partial charge in [0.15, 0.2) is 0 Å². The van der Waals surface area contributed by atoms with Crippen LogP contribution in [0.5, 0.6) is 0 Å². The lowest BCUT2D eigenvalue weighted by Crippen LogP contribution is -2.37. The Morgan fingerprint density at radius 1 is 1.58 bits per heavy atom. The minimum absolute atomic E-state index is 0.0683. The zero-order valence-corrected chi connectivity index (χ0v) is 13.0. The third kappa shape index (κ3) is 3.18. The van der Waals surface area contributed by atoms with Crippen LogP contribution < -0.4 is 0 Å². The molecular formula is C15H20BrNO2. The summed E-state index contributed by atoms with van der Waals surface area (Å²) < 4.78 is 0.877. The van der Waals surface area contributed by atoms with Crippen molar-refractivity contribution in [3.05, 3.63) is 33.8 Å². The Bertz CT molecular complexity index is 473. The monoisotopic (exact) mass is 325 g/mol. The molecule has 1 aliphatic rings. The quantitative estimate of drug-likeness (QED) is 0.927. The standard InChI is InChI=1S/C15H20BrNO2/c1-10-5-3-7-13(14(10)16)15(19)17-8-4-6-12(17)9-11(2)18/h3,5,7,11-12,18H,4,6,8-9H2,1-2H3. The van der Waals surface area contributed by atoms with Crippen molar-refractivity contribution in [2.24, 2.45) is 0 Å². The molecule has 2 rings (SSSR count). The zero-order valence-electron chi connectivity index (χ0n) is 11.4. The molecule has 0 bridgehead atoms. The average Bonchev–Trinajstić information content (AvgIpc) is 2.79. The lowest BCUT2D eigenvalue weighted by Gasteiger charge is -2.26. The second-order valence-electron chi connectivity index (χ2n) is 5.32. The first-order valence-corrected chi connectivity index (χ1v) is 7.54. The van der Waals surface area contributed by atoms with Gasteiger partial charge in [-0.2, -0.15) is 0 Å². The highest BCUT2D eigenvalue weighted by atomic mass is 79.9. The number of aliphatic hydroxyl groups excluding tert-OH is 1. The average molecular weight is 326 g/mol. The number of hydrogen-bond donors (Lipinski definition) is 1. The molecule has 0 aromatic heterocycles. The van der Waals surface area contributed by atoms with E-state index in [4.69, 9.17) is 0 Å². The fraction of sp³-hybridized carbons (Fsp3) is 0.533. The van der Waals surface area contributed by atoms with E-state index in [1.807, 2.05) is 30.0 Å². The van der Waals surface area contributed by atoms with E-state index >= 15 is 0 Å². The number of rotatable bonds is 3. The molecule has 19 heavy (non-hydrogen) atoms. The summed E-state index contributed by atoms with van der Waals surface area (Å²) in [6, 6.07) is 5.92. The van der Waals surface area contributed by atoms with Gasteiger partial charge in [-0.1, -0.05) is 12.1 Å². The largest absolute Gasteiger partial charge is 0.393 e. The number of hydrogen-bond acceptors (Lipinski definition) is 2. The van der Waals surface area contributed by atoms with Crippen molar-refractivity contribution in [2.45, 2.75) is 45.3 Å². The van der Waals surface area contributed by atoms with E-state index < -0.39 is 0 Å². The van der Waals surface area contributed by atoms with Crippen LogP contribution in [0.15, 0.2) is 22.7 Å². The van der Waals surface area contributed by atoms with Crippen molar-refractivity contribution >= 4 is 21.8 Å². The Hall–Kier alpha value is -0.870. The molecule has 1 aliphatic heterocycles. The van der Waals surface area contributed by atoms with Crippen LogP contribution in [0.25, 0.3) is 0 Å². The summed E-state index contributed by atoms with van der Waals surface area (Å²) in [5.41, 5.74) is 1.79. The molecule has 1 N–H and O–H groups in total. The SMILES string of the molecule is Cc1cccc(C(=O)N2CCCC2CC(C)O)c1Br. The molecule has 1 aromatic carbocycles. The van der Waals surface area contributed by atoms with Crippen LogP contribution in [0.3, 0.4) is 0 Å². The summed E-state index contributed by atoms with van der Waals surface area (Å²) in [6.07, 6.45) is 2.31. The fourth-order valence-electron chi connectivity index (χ4n) is 2.71. The second-order valence-corrected chi connectivity index (χ2v) is 6.11. The Labute approximate surface area is 122 Å². The van der Waals surface area contributed by atoms with Gasteiger partial charge in [-0.25, -0.2) is 0 Å². The maximum absolute atomic E-state index is 12.6. The summed E-state index contributed by atoms with van der Waals surface area (Å²) in [4.78, 5) is 14.5. The fourth-order valence-corrected chi connectivity index (χ4v) is 3.14. The minimum Gasteiger partial charge on any atom is -0.393 e. The van der Waals surface area contributed by atoms with Crippen LogP contribution in [0, 0.1) is 6.92 Å². The summed E-state index contributed by atoms with van der Waals surface area (Å²) in [5, 5.41) is 9.53. The lowest BCUT2D eigenvalue weighted by atomic mass is 10.1. The van der Waals surface area contributed by atoms with E-state index in [0.717, 1.165) is 35.0 Å². The molecule has 0 aliphatic carbocycles. The Morgan fingerprint density at radius 2 is 2.32 bits per heavy atom. The summed E-state index contributed by atoms with van der Waals surface area (Å²) in [5.74, 6) is 0.0683. The molecule has 1 aromatic rings. The van der Waals surface area contributed by atoms with Crippen LogP contribution in [-0.2, 0) is 0 Å². The van der Waals surface area contributed by atoms with Crippen molar-refractivity contribution in [1.82, 2.24) is 4.90 Å². The van der Waals surface area contributed by atoms with Gasteiger partial charge in [-0.05, 0) is 60.7 Å². The van der Waals surface area contributed by atoms with Gasteiger partial charge in [0.1, 0.15) is 0 Å². The normalized spacial score (nSPS) is 20.6. The zero-order chi connectivity index (χ0) is 14.0. The third-order valence-corrected chi connectivity index (χ3v) is 4.73. The molecular weight excluding hydrogens is 306 g/mol. The molecule has 0 spiro atoms. The molecule has 104 valence electrons. The van der Waals surface area contributed by atoms with Gasteiger partial charge >= 0.3 is 0 Å². The van der Waals surface area contributed by atoms with Crippen molar-refractivity contribution in [3.8, 4) is 0 Å². The number of halogens is 1. The Balaban J connectivity index is 2.21. The van der Waals surface area contributed by atoms with Crippen LogP contribution >= 0.6 is 15.9 Å². The summed E-state index contributed by atoms with van der Waals surface area (Å²) in [7, 11) is 0. The van der Waals surface area contributed by atoms with Crippen LogP contribution in [0.4, 0.5) is 0 Å². The van der Waals surface area contributed by atoms with Crippen molar-refractivity contribution in [2.75, 3.05) is 6.54 Å². The number of carbonyl (C=O) groups excluding carboxylic acids is 1. The molecule has 3 nitrogen and oxygen atoms in total. The molecule has 2 unspecified atom stereocenters. The van der Waals surface area contributed by atoms with Gasteiger partial charge in [-0.3, -0.25) is 4.79 Å². The van der Waals surface area contributed by atoms with E-state index in [1.165, 1.54) is 0 Å². The first-order valence-electron chi connectivity index (χ1n) is 6.75. The van der Waals surface area contributed by atoms with Gasteiger partial charge in [0.25, 0.3) is 5.91 Å². The first-order chi connectivity index (χ1) is 9.00. The molecule has 0 radical (unpaired) electrons. The molecule has 4 heteroatoms. The van der Waals surface area contributed by atoms with Crippen LogP contribution in [0.1, 0.15) is 42.1 Å². The molecule has 1 saturated heterocycles. The van der Waals surface area contributed by atoms with E-state index in [1.54, 1.807) is 6.92 Å². The molecule has 1 amide bonds. The topological polar surface area (TPSA) is 40.5 Å². The number of likely N-dealkylation sites (tertiary alicyclic amines) is 1. The van der Waals surface area contributed by atoms with E-state index in [-0.39, 0.29) is 18.1 Å². The highest BCUT2D eigenvalue weighted by molar-refractivity contribution is 9.10. The van der Waals surface area contributed by atoms with Gasteiger partial charge < -0.3 is 10.0 Å². The highest BCUT2D eigenvalue weighted by Crippen LogP contribution is 2.27. The van der Waals surface area contributed by atoms with Crippen molar-refractivity contribution in [3.63, 3.8) is 0 Å². The van der Waals surface area contributed by atoms with Crippen molar-refractivity contribution in [1.29, 1.82) is 0 Å². The van der Waals surface area contributed by atoms with Gasteiger partial charge in [0.2, 0.25) is 0 Å². The molecule has 0 saturated carbocycles. The summed E-state index contributed by atoms with van der Waals surface area (Å²) >= 11 is 3.50. The van der Waals surface area contributed by atoms with E-state index in [0.29, 0.717) is 6.42 Å². The van der Waals surface area contributed by atoms with Gasteiger partial charge in [0, 0.05) is 17.1 Å². The third-order valence-electron chi connectivity index (χ3n) is 3.67. The number of carbonyl (C=O) groups is 1. The highest BCUT2D eigenvalue weighted by Gasteiger charge is 2.31. The Morgan fingerprint density at radius 3 is 3.00 bits per heavy atom. The maximum Gasteiger partial charge on any atom is 0.255 e. The molecule has 1 fully saturated rings. The van der Waals surface area contributed by atoms with E-state index in [9.17, 15) is 9.90 Å². The van der Waals surface area contributed by atoms with Gasteiger partial charge in [-0.15, -0.1) is 0 Å². The number of nitrogens with zero attached hydrogens (tertiary/aromatic N) is 1. The lowest BCUT2D eigenvalue weighted by molar-refractivity contribution is 0.0681. The second kappa shape index (κ2) is 6.06. The number of aliphatic hydroxyl groups is 1. The summed E-state index contributed by atoms with van der Waals surface area (Å²) in [6.45, 7) is 4.55. The van der Waals surface area contributed by atoms with Crippen LogP contribution in [0.2, 0.25) is 0 Å². The predicted molar refractivity (Wildman–Crippen MR) is 79.2 cm³/mol. The van der Waals surface area contributed by atoms with Gasteiger partial charge in [0.05, 0.1) is 11.7 Å². The number of aryl methyl sites for hydroxylation is 1.